The minimum Gasteiger partial charge on any atom is -0.456 e. The highest BCUT2D eigenvalue weighted by Gasteiger charge is 2.22. The Kier molecular flexibility index (Phi) is 6.58. The van der Waals surface area contributed by atoms with Crippen LogP contribution in [0, 0.1) is 20.8 Å². The SMILES string of the molecule is Cc1ccc(-n2nc(C)c(NC(=O)COC(=O)CCN3CCSC3=O)c2C)cc1. The molecule has 9 heteroatoms. The summed E-state index contributed by atoms with van der Waals surface area (Å²) < 4.78 is 6.80. The smallest absolute Gasteiger partial charge is 0.308 e. The average molecular weight is 417 g/mol. The van der Waals surface area contributed by atoms with E-state index in [1.54, 1.807) is 9.58 Å². The summed E-state index contributed by atoms with van der Waals surface area (Å²) in [6.45, 7) is 6.27. The van der Waals surface area contributed by atoms with Crippen LogP contribution in [0.15, 0.2) is 24.3 Å². The van der Waals surface area contributed by atoms with Crippen LogP contribution >= 0.6 is 11.8 Å². The molecule has 1 aromatic carbocycles. The molecule has 2 aromatic rings. The van der Waals surface area contributed by atoms with E-state index in [-0.39, 0.29) is 18.3 Å². The number of nitrogens with zero attached hydrogens (tertiary/aromatic N) is 3. The van der Waals surface area contributed by atoms with E-state index in [4.69, 9.17) is 4.74 Å². The van der Waals surface area contributed by atoms with Crippen LogP contribution in [0.3, 0.4) is 0 Å². The van der Waals surface area contributed by atoms with Crippen LogP contribution in [-0.4, -0.2) is 57.2 Å². The fourth-order valence-electron chi connectivity index (χ4n) is 3.01. The van der Waals surface area contributed by atoms with E-state index < -0.39 is 11.9 Å². The van der Waals surface area contributed by atoms with Gasteiger partial charge in [-0.1, -0.05) is 29.5 Å². The van der Waals surface area contributed by atoms with Crippen LogP contribution in [0.2, 0.25) is 0 Å². The number of rotatable bonds is 7. The van der Waals surface area contributed by atoms with Gasteiger partial charge in [0.15, 0.2) is 6.61 Å². The molecule has 0 spiro atoms. The van der Waals surface area contributed by atoms with Crippen molar-refractivity contribution in [2.45, 2.75) is 27.2 Å². The molecule has 29 heavy (non-hydrogen) atoms. The summed E-state index contributed by atoms with van der Waals surface area (Å²) in [6, 6.07) is 7.92. The lowest BCUT2D eigenvalue weighted by molar-refractivity contribution is -0.147. The summed E-state index contributed by atoms with van der Waals surface area (Å²) in [5.41, 5.74) is 4.12. The fraction of sp³-hybridized carbons (Fsp3) is 0.400. The maximum Gasteiger partial charge on any atom is 0.308 e. The third-order valence-electron chi connectivity index (χ3n) is 4.63. The number of esters is 1. The third kappa shape index (κ3) is 5.17. The van der Waals surface area contributed by atoms with E-state index in [0.717, 1.165) is 22.7 Å². The number of hydrogen-bond donors (Lipinski definition) is 1. The number of hydrogen-bond acceptors (Lipinski definition) is 6. The first kappa shape index (κ1) is 20.9. The lowest BCUT2D eigenvalue weighted by Gasteiger charge is -2.13. The van der Waals surface area contributed by atoms with Gasteiger partial charge in [-0.2, -0.15) is 5.10 Å². The van der Waals surface area contributed by atoms with Gasteiger partial charge in [0.2, 0.25) is 0 Å². The molecule has 0 saturated carbocycles. The molecule has 1 aliphatic rings. The monoisotopic (exact) mass is 416 g/mol. The van der Waals surface area contributed by atoms with E-state index >= 15 is 0 Å². The van der Waals surface area contributed by atoms with Gasteiger partial charge in [-0.05, 0) is 32.9 Å². The van der Waals surface area contributed by atoms with E-state index in [0.29, 0.717) is 24.5 Å². The molecule has 154 valence electrons. The maximum absolute atomic E-state index is 12.2. The van der Waals surface area contributed by atoms with Gasteiger partial charge in [-0.15, -0.1) is 0 Å². The Balaban J connectivity index is 1.53. The van der Waals surface area contributed by atoms with Crippen molar-refractivity contribution >= 4 is 34.6 Å². The number of aryl methyl sites for hydroxylation is 2. The van der Waals surface area contributed by atoms with Crippen molar-refractivity contribution in [1.82, 2.24) is 14.7 Å². The predicted molar refractivity (Wildman–Crippen MR) is 111 cm³/mol. The van der Waals surface area contributed by atoms with Crippen molar-refractivity contribution in [3.8, 4) is 5.69 Å². The van der Waals surface area contributed by atoms with E-state index in [2.05, 4.69) is 10.4 Å². The average Bonchev–Trinajstić information content (AvgIpc) is 3.23. The molecule has 2 amide bonds. The number of anilines is 1. The molecule has 8 nitrogen and oxygen atoms in total. The molecule has 3 rings (SSSR count). The molecule has 1 aromatic heterocycles. The fourth-order valence-corrected chi connectivity index (χ4v) is 3.86. The minimum absolute atomic E-state index is 0.0212. The molecule has 1 fully saturated rings. The van der Waals surface area contributed by atoms with Gasteiger partial charge in [-0.25, -0.2) is 4.68 Å². The molecule has 2 heterocycles. The van der Waals surface area contributed by atoms with E-state index in [9.17, 15) is 14.4 Å². The highest BCUT2D eigenvalue weighted by atomic mass is 32.2. The Bertz CT molecular complexity index is 923. The topological polar surface area (TPSA) is 93.5 Å². The van der Waals surface area contributed by atoms with Crippen molar-refractivity contribution in [2.24, 2.45) is 0 Å². The molecule has 1 saturated heterocycles. The zero-order valence-electron chi connectivity index (χ0n) is 16.7. The van der Waals surface area contributed by atoms with Gasteiger partial charge < -0.3 is 15.0 Å². The Morgan fingerprint density at radius 3 is 2.59 bits per heavy atom. The quantitative estimate of drug-likeness (QED) is 0.698. The molecule has 0 atom stereocenters. The first-order valence-electron chi connectivity index (χ1n) is 9.35. The summed E-state index contributed by atoms with van der Waals surface area (Å²) in [4.78, 5) is 37.2. The predicted octanol–water partition coefficient (Wildman–Crippen LogP) is 2.84. The van der Waals surface area contributed by atoms with Gasteiger partial charge in [0.25, 0.3) is 11.1 Å². The lowest BCUT2D eigenvalue weighted by Crippen LogP contribution is -2.28. The molecular weight excluding hydrogens is 392 g/mol. The summed E-state index contributed by atoms with van der Waals surface area (Å²) >= 11 is 1.24. The second-order valence-electron chi connectivity index (χ2n) is 6.85. The van der Waals surface area contributed by atoms with Crippen molar-refractivity contribution in [2.75, 3.05) is 30.8 Å². The molecule has 0 bridgehead atoms. The molecule has 0 aliphatic carbocycles. The van der Waals surface area contributed by atoms with Gasteiger partial charge in [0.05, 0.1) is 29.2 Å². The number of ether oxygens (including phenoxy) is 1. The highest BCUT2D eigenvalue weighted by molar-refractivity contribution is 8.13. The third-order valence-corrected chi connectivity index (χ3v) is 5.52. The van der Waals surface area contributed by atoms with Crippen molar-refractivity contribution < 1.29 is 19.1 Å². The standard InChI is InChI=1S/C20H24N4O4S/c1-13-4-6-16(7-5-13)24-15(3)19(14(2)22-24)21-17(25)12-28-18(26)8-9-23-10-11-29-20(23)27/h4-7H,8-12H2,1-3H3,(H,21,25). The molecule has 0 unspecified atom stereocenters. The number of benzene rings is 1. The largest absolute Gasteiger partial charge is 0.456 e. The first-order chi connectivity index (χ1) is 13.8. The molecule has 1 N–H and O–H groups in total. The number of thioether (sulfide) groups is 1. The summed E-state index contributed by atoms with van der Waals surface area (Å²) in [5.74, 6) is -0.194. The number of nitrogens with one attached hydrogen (secondary N) is 1. The zero-order chi connectivity index (χ0) is 21.0. The number of aromatic nitrogens is 2. The Labute approximate surface area is 173 Å². The lowest BCUT2D eigenvalue weighted by atomic mass is 10.2. The summed E-state index contributed by atoms with van der Waals surface area (Å²) in [6.07, 6.45) is 0.0724. The first-order valence-corrected chi connectivity index (χ1v) is 10.3. The van der Waals surface area contributed by atoms with Gasteiger partial charge in [-0.3, -0.25) is 14.4 Å². The maximum atomic E-state index is 12.2. The number of carbonyl (C=O) groups excluding carboxylic acids is 3. The highest BCUT2D eigenvalue weighted by Crippen LogP contribution is 2.23. The summed E-state index contributed by atoms with van der Waals surface area (Å²) in [5, 5.41) is 7.24. The van der Waals surface area contributed by atoms with Crippen molar-refractivity contribution in [3.05, 3.63) is 41.2 Å². The van der Waals surface area contributed by atoms with Crippen molar-refractivity contribution in [3.63, 3.8) is 0 Å². The van der Waals surface area contributed by atoms with Gasteiger partial charge >= 0.3 is 5.97 Å². The molecular formula is C20H24N4O4S. The number of amides is 2. The molecule has 1 aliphatic heterocycles. The van der Waals surface area contributed by atoms with Gasteiger partial charge in [0, 0.05) is 18.8 Å². The van der Waals surface area contributed by atoms with Crippen LogP contribution in [0.1, 0.15) is 23.4 Å². The van der Waals surface area contributed by atoms with Crippen LogP contribution < -0.4 is 5.32 Å². The van der Waals surface area contributed by atoms with Crippen LogP contribution in [0.5, 0.6) is 0 Å². The van der Waals surface area contributed by atoms with E-state index in [1.807, 2.05) is 45.0 Å². The summed E-state index contributed by atoms with van der Waals surface area (Å²) in [7, 11) is 0. The van der Waals surface area contributed by atoms with E-state index in [1.165, 1.54) is 11.8 Å². The van der Waals surface area contributed by atoms with Gasteiger partial charge in [0.1, 0.15) is 0 Å². The van der Waals surface area contributed by atoms with Crippen LogP contribution in [-0.2, 0) is 14.3 Å². The Morgan fingerprint density at radius 2 is 1.93 bits per heavy atom. The van der Waals surface area contributed by atoms with Crippen LogP contribution in [0.4, 0.5) is 10.5 Å². The van der Waals surface area contributed by atoms with Crippen LogP contribution in [0.25, 0.3) is 5.69 Å². The Morgan fingerprint density at radius 1 is 1.21 bits per heavy atom. The number of carbonyl (C=O) groups is 3. The second-order valence-corrected chi connectivity index (χ2v) is 7.90. The normalized spacial score (nSPS) is 13.6. The molecule has 0 radical (unpaired) electrons. The zero-order valence-corrected chi connectivity index (χ0v) is 17.5. The minimum atomic E-state index is -0.506. The Hall–Kier alpha value is -2.81. The second kappa shape index (κ2) is 9.13. The van der Waals surface area contributed by atoms with Crippen molar-refractivity contribution in [1.29, 1.82) is 0 Å².